The maximum absolute atomic E-state index is 14.4. The lowest BCUT2D eigenvalue weighted by Crippen LogP contribution is -2.40. The Morgan fingerprint density at radius 3 is 2.96 bits per heavy atom. The number of pyridine rings is 1. The van der Waals surface area contributed by atoms with E-state index in [1.165, 1.54) is 19.4 Å². The second kappa shape index (κ2) is 7.03. The molecule has 0 bridgehead atoms. The van der Waals surface area contributed by atoms with Crippen LogP contribution in [0.5, 0.6) is 11.5 Å². The van der Waals surface area contributed by atoms with Gasteiger partial charge >= 0.3 is 5.97 Å². The number of nitrogens with one attached hydrogen (secondary N) is 1. The van der Waals surface area contributed by atoms with Crippen LogP contribution in [0, 0.1) is 29.0 Å². The number of methoxy groups -OCH3 is 1. The van der Waals surface area contributed by atoms with E-state index in [0.29, 0.717) is 6.42 Å². The Kier molecular flexibility index (Phi) is 4.81. The molecule has 130 valence electrons. The molecule has 1 aliphatic rings. The maximum Gasteiger partial charge on any atom is 0.314 e. The topological polar surface area (TPSA) is 84.2 Å². The van der Waals surface area contributed by atoms with Gasteiger partial charge in [-0.15, -0.1) is 0 Å². The lowest BCUT2D eigenvalue weighted by Gasteiger charge is -2.27. The number of nitriles is 1. The number of esters is 1. The number of nitrogens with zero attached hydrogens (tertiary/aromatic N) is 2. The molecule has 2 atom stereocenters. The molecule has 0 radical (unpaired) electrons. The molecule has 2 unspecified atom stereocenters. The minimum absolute atomic E-state index is 0.000454. The van der Waals surface area contributed by atoms with Crippen molar-refractivity contribution < 1.29 is 18.7 Å². The van der Waals surface area contributed by atoms with E-state index in [1.807, 2.05) is 13.0 Å². The smallest absolute Gasteiger partial charge is 0.314 e. The summed E-state index contributed by atoms with van der Waals surface area (Å²) >= 11 is 0. The van der Waals surface area contributed by atoms with E-state index in [9.17, 15) is 14.4 Å². The van der Waals surface area contributed by atoms with Gasteiger partial charge in [0.15, 0.2) is 17.3 Å². The maximum atomic E-state index is 14.4. The van der Waals surface area contributed by atoms with Crippen molar-refractivity contribution in [3.05, 3.63) is 29.7 Å². The van der Waals surface area contributed by atoms with Gasteiger partial charge in [-0.25, -0.2) is 4.39 Å². The molecule has 1 aromatic heterocycles. The number of hydrogen-bond donors (Lipinski definition) is 1. The number of fused-ring (bicyclic) bond motifs is 1. The molecule has 0 spiro atoms. The number of aromatic nitrogens is 1. The highest BCUT2D eigenvalue weighted by atomic mass is 19.1. The zero-order chi connectivity index (χ0) is 18.0. The molecular weight excluding hydrogens is 325 g/mol. The lowest BCUT2D eigenvalue weighted by atomic mass is 9.88. The van der Waals surface area contributed by atoms with Crippen molar-refractivity contribution in [2.45, 2.75) is 13.3 Å². The van der Waals surface area contributed by atoms with Crippen molar-refractivity contribution in [2.24, 2.45) is 11.8 Å². The van der Waals surface area contributed by atoms with Crippen molar-refractivity contribution in [2.75, 3.05) is 20.2 Å². The third-order valence-corrected chi connectivity index (χ3v) is 4.52. The van der Waals surface area contributed by atoms with Gasteiger partial charge in [0.05, 0.1) is 13.0 Å². The van der Waals surface area contributed by atoms with E-state index in [2.05, 4.69) is 10.3 Å². The van der Waals surface area contributed by atoms with Crippen molar-refractivity contribution >= 4 is 16.9 Å². The zero-order valence-corrected chi connectivity index (χ0v) is 14.0. The summed E-state index contributed by atoms with van der Waals surface area (Å²) in [6.45, 7) is 3.43. The zero-order valence-electron chi connectivity index (χ0n) is 14.0. The molecule has 1 saturated heterocycles. The molecule has 1 N–H and O–H groups in total. The van der Waals surface area contributed by atoms with Gasteiger partial charge in [0, 0.05) is 11.6 Å². The van der Waals surface area contributed by atoms with Gasteiger partial charge in [-0.2, -0.15) is 5.26 Å². The third-order valence-electron chi connectivity index (χ3n) is 4.52. The molecule has 2 aromatic rings. The number of ether oxygens (including phenoxy) is 2. The summed E-state index contributed by atoms with van der Waals surface area (Å²) in [4.78, 5) is 16.6. The van der Waals surface area contributed by atoms with Crippen LogP contribution in [0.3, 0.4) is 0 Å². The standard InChI is InChI=1S/C18H18FN3O3/c1-10-8-21-6-5-12(10)18(23)25-17-11(7-20)9-22-16-13(17)3-4-14(24-2)15(16)19/h3-4,9-10,12,21H,5-6,8H2,1-2H3. The molecule has 1 aliphatic heterocycles. The van der Waals surface area contributed by atoms with Crippen molar-refractivity contribution in [3.8, 4) is 17.6 Å². The Labute approximate surface area is 144 Å². The molecular formula is C18H18FN3O3. The van der Waals surface area contributed by atoms with Crippen LogP contribution >= 0.6 is 0 Å². The van der Waals surface area contributed by atoms with Crippen molar-refractivity contribution in [3.63, 3.8) is 0 Å². The second-order valence-electron chi connectivity index (χ2n) is 6.09. The Hall–Kier alpha value is -2.72. The highest BCUT2D eigenvalue weighted by Crippen LogP contribution is 2.34. The first kappa shape index (κ1) is 17.1. The fourth-order valence-corrected chi connectivity index (χ4v) is 3.08. The summed E-state index contributed by atoms with van der Waals surface area (Å²) in [5.74, 6) is -1.12. The summed E-state index contributed by atoms with van der Waals surface area (Å²) in [7, 11) is 1.35. The fraction of sp³-hybridized carbons (Fsp3) is 0.389. The number of halogens is 1. The van der Waals surface area contributed by atoms with Crippen molar-refractivity contribution in [1.29, 1.82) is 5.26 Å². The highest BCUT2D eigenvalue weighted by Gasteiger charge is 2.30. The van der Waals surface area contributed by atoms with E-state index < -0.39 is 11.8 Å². The van der Waals surface area contributed by atoms with Crippen LogP contribution in [0.1, 0.15) is 18.9 Å². The molecule has 0 amide bonds. The Morgan fingerprint density at radius 2 is 2.28 bits per heavy atom. The molecule has 1 fully saturated rings. The summed E-state index contributed by atoms with van der Waals surface area (Å²) < 4.78 is 24.9. The van der Waals surface area contributed by atoms with Gasteiger partial charge < -0.3 is 14.8 Å². The number of benzene rings is 1. The molecule has 25 heavy (non-hydrogen) atoms. The average Bonchev–Trinajstić information content (AvgIpc) is 2.62. The number of carbonyl (C=O) groups excluding carboxylic acids is 1. The number of hydrogen-bond acceptors (Lipinski definition) is 6. The van der Waals surface area contributed by atoms with E-state index in [1.54, 1.807) is 6.07 Å². The minimum Gasteiger partial charge on any atom is -0.494 e. The number of rotatable bonds is 3. The monoisotopic (exact) mass is 343 g/mol. The van der Waals surface area contributed by atoms with Crippen LogP contribution in [0.15, 0.2) is 18.3 Å². The SMILES string of the molecule is COc1ccc2c(OC(=O)C3CCNCC3C)c(C#N)cnc2c1F. The van der Waals surface area contributed by atoms with Crippen LogP contribution in [0.4, 0.5) is 4.39 Å². The van der Waals surface area contributed by atoms with Gasteiger partial charge in [0.1, 0.15) is 17.1 Å². The van der Waals surface area contributed by atoms with Crippen LogP contribution in [-0.2, 0) is 4.79 Å². The largest absolute Gasteiger partial charge is 0.494 e. The van der Waals surface area contributed by atoms with Gasteiger partial charge in [0.25, 0.3) is 0 Å². The summed E-state index contributed by atoms with van der Waals surface area (Å²) in [6, 6.07) is 4.91. The second-order valence-corrected chi connectivity index (χ2v) is 6.09. The highest BCUT2D eigenvalue weighted by molar-refractivity contribution is 5.91. The van der Waals surface area contributed by atoms with Crippen LogP contribution in [0.2, 0.25) is 0 Å². The molecule has 0 aliphatic carbocycles. The normalized spacial score (nSPS) is 20.1. The fourth-order valence-electron chi connectivity index (χ4n) is 3.08. The van der Waals surface area contributed by atoms with Crippen LogP contribution in [0.25, 0.3) is 10.9 Å². The quantitative estimate of drug-likeness (QED) is 0.862. The first-order valence-electron chi connectivity index (χ1n) is 8.04. The van der Waals surface area contributed by atoms with E-state index >= 15 is 0 Å². The molecule has 1 aromatic carbocycles. The minimum atomic E-state index is -0.656. The third kappa shape index (κ3) is 3.13. The first-order chi connectivity index (χ1) is 12.1. The summed E-state index contributed by atoms with van der Waals surface area (Å²) in [5, 5.41) is 12.8. The number of carbonyl (C=O) groups is 1. The summed E-state index contributed by atoms with van der Waals surface area (Å²) in [5.41, 5.74) is 0.0894. The Morgan fingerprint density at radius 1 is 1.48 bits per heavy atom. The first-order valence-corrected chi connectivity index (χ1v) is 8.04. The predicted octanol–water partition coefficient (Wildman–Crippen LogP) is 2.41. The number of piperidine rings is 1. The van der Waals surface area contributed by atoms with Crippen LogP contribution in [-0.4, -0.2) is 31.2 Å². The molecule has 6 nitrogen and oxygen atoms in total. The van der Waals surface area contributed by atoms with E-state index in [0.717, 1.165) is 13.1 Å². The van der Waals surface area contributed by atoms with E-state index in [4.69, 9.17) is 9.47 Å². The Balaban J connectivity index is 2.03. The predicted molar refractivity (Wildman–Crippen MR) is 88.7 cm³/mol. The van der Waals surface area contributed by atoms with E-state index in [-0.39, 0.29) is 39.8 Å². The van der Waals surface area contributed by atoms with Gasteiger partial charge in [-0.05, 0) is 37.6 Å². The molecule has 0 saturated carbocycles. The molecule has 7 heteroatoms. The van der Waals surface area contributed by atoms with Gasteiger partial charge in [0.2, 0.25) is 0 Å². The van der Waals surface area contributed by atoms with Crippen LogP contribution < -0.4 is 14.8 Å². The molecule has 2 heterocycles. The Bertz CT molecular complexity index is 863. The van der Waals surface area contributed by atoms with Crippen molar-refractivity contribution in [1.82, 2.24) is 10.3 Å². The van der Waals surface area contributed by atoms with Gasteiger partial charge in [-0.1, -0.05) is 6.92 Å². The lowest BCUT2D eigenvalue weighted by molar-refractivity contribution is -0.141. The van der Waals surface area contributed by atoms with Gasteiger partial charge in [-0.3, -0.25) is 9.78 Å². The summed E-state index contributed by atoms with van der Waals surface area (Å²) in [6.07, 6.45) is 1.87. The molecule has 3 rings (SSSR count). The average molecular weight is 343 g/mol.